The molecule has 7 heteroatoms. The molecule has 1 aliphatic rings. The summed E-state index contributed by atoms with van der Waals surface area (Å²) in [6, 6.07) is 11.4. The number of hydrogen-bond acceptors (Lipinski definition) is 5. The zero-order valence-corrected chi connectivity index (χ0v) is 18.0. The van der Waals surface area contributed by atoms with Gasteiger partial charge in [0.15, 0.2) is 0 Å². The van der Waals surface area contributed by atoms with Gasteiger partial charge in [-0.2, -0.15) is 0 Å². The van der Waals surface area contributed by atoms with E-state index in [0.29, 0.717) is 30.2 Å². The van der Waals surface area contributed by atoms with Crippen LogP contribution in [0.5, 0.6) is 17.2 Å². The molecule has 0 aromatic heterocycles. The fourth-order valence-electron chi connectivity index (χ4n) is 3.44. The molecular weight excluding hydrogens is 424 g/mol. The number of ether oxygens (including phenoxy) is 3. The standard InChI is InChI=1S/C21H25BrN2O4/c1-26-17-8-7-16(22)13-15(17)14-23-9-11-24(12-10-23)21(25)20-18(27-2)5-4-6-19(20)28-3/h4-8,13H,9-12,14H2,1-3H3. The SMILES string of the molecule is COc1ccc(Br)cc1CN1CCN(C(=O)c2c(OC)cccc2OC)CC1. The average Bonchev–Trinajstić information content (AvgIpc) is 2.73. The van der Waals surface area contributed by atoms with Crippen molar-refractivity contribution in [2.45, 2.75) is 6.54 Å². The van der Waals surface area contributed by atoms with Crippen LogP contribution < -0.4 is 14.2 Å². The maximum atomic E-state index is 13.1. The molecule has 1 heterocycles. The second-order valence-corrected chi connectivity index (χ2v) is 7.48. The normalized spacial score (nSPS) is 14.6. The minimum absolute atomic E-state index is 0.0611. The predicted molar refractivity (Wildman–Crippen MR) is 111 cm³/mol. The first kappa shape index (κ1) is 20.5. The molecule has 0 atom stereocenters. The first-order valence-electron chi connectivity index (χ1n) is 9.12. The van der Waals surface area contributed by atoms with Crippen LogP contribution in [-0.2, 0) is 6.54 Å². The van der Waals surface area contributed by atoms with Crippen LogP contribution in [0.15, 0.2) is 40.9 Å². The van der Waals surface area contributed by atoms with Gasteiger partial charge in [-0.1, -0.05) is 22.0 Å². The fraction of sp³-hybridized carbons (Fsp3) is 0.381. The number of nitrogens with zero attached hydrogens (tertiary/aromatic N) is 2. The second-order valence-electron chi connectivity index (χ2n) is 6.56. The minimum Gasteiger partial charge on any atom is -0.496 e. The maximum Gasteiger partial charge on any atom is 0.261 e. The van der Waals surface area contributed by atoms with Crippen molar-refractivity contribution in [3.8, 4) is 17.2 Å². The Kier molecular flexibility index (Phi) is 6.80. The third-order valence-electron chi connectivity index (χ3n) is 4.94. The van der Waals surface area contributed by atoms with E-state index in [1.165, 1.54) is 0 Å². The highest BCUT2D eigenvalue weighted by atomic mass is 79.9. The van der Waals surface area contributed by atoms with Gasteiger partial charge in [0.05, 0.1) is 21.3 Å². The van der Waals surface area contributed by atoms with E-state index in [1.807, 2.05) is 23.1 Å². The Morgan fingerprint density at radius 2 is 1.54 bits per heavy atom. The number of halogens is 1. The molecular formula is C21H25BrN2O4. The zero-order chi connectivity index (χ0) is 20.1. The molecule has 1 amide bonds. The predicted octanol–water partition coefficient (Wildman–Crippen LogP) is 3.43. The third-order valence-corrected chi connectivity index (χ3v) is 5.43. The number of carbonyl (C=O) groups is 1. The van der Waals surface area contributed by atoms with Crippen molar-refractivity contribution in [2.75, 3.05) is 47.5 Å². The lowest BCUT2D eigenvalue weighted by Gasteiger charge is -2.35. The topological polar surface area (TPSA) is 51.2 Å². The molecule has 6 nitrogen and oxygen atoms in total. The first-order chi connectivity index (χ1) is 13.6. The van der Waals surface area contributed by atoms with E-state index in [4.69, 9.17) is 14.2 Å². The third kappa shape index (κ3) is 4.42. The van der Waals surface area contributed by atoms with E-state index in [2.05, 4.69) is 26.9 Å². The molecule has 0 bridgehead atoms. The maximum absolute atomic E-state index is 13.1. The number of hydrogen-bond donors (Lipinski definition) is 0. The molecule has 0 unspecified atom stereocenters. The summed E-state index contributed by atoms with van der Waals surface area (Å²) in [5.41, 5.74) is 1.61. The van der Waals surface area contributed by atoms with Gasteiger partial charge in [-0.25, -0.2) is 0 Å². The van der Waals surface area contributed by atoms with Gasteiger partial charge in [0.1, 0.15) is 22.8 Å². The lowest BCUT2D eigenvalue weighted by atomic mass is 10.1. The van der Waals surface area contributed by atoms with Crippen LogP contribution in [0.1, 0.15) is 15.9 Å². The molecule has 150 valence electrons. The van der Waals surface area contributed by atoms with Gasteiger partial charge < -0.3 is 19.1 Å². The molecule has 0 N–H and O–H groups in total. The Balaban J connectivity index is 1.68. The van der Waals surface area contributed by atoms with E-state index in [-0.39, 0.29) is 5.91 Å². The van der Waals surface area contributed by atoms with E-state index < -0.39 is 0 Å². The van der Waals surface area contributed by atoms with Crippen molar-refractivity contribution in [3.05, 3.63) is 52.0 Å². The molecule has 0 radical (unpaired) electrons. The number of piperazine rings is 1. The van der Waals surface area contributed by atoms with Crippen LogP contribution in [-0.4, -0.2) is 63.2 Å². The van der Waals surface area contributed by atoms with Crippen LogP contribution >= 0.6 is 15.9 Å². The van der Waals surface area contributed by atoms with Crippen LogP contribution in [0.2, 0.25) is 0 Å². The van der Waals surface area contributed by atoms with Crippen molar-refractivity contribution in [3.63, 3.8) is 0 Å². The lowest BCUT2D eigenvalue weighted by Crippen LogP contribution is -2.48. The molecule has 28 heavy (non-hydrogen) atoms. The fourth-order valence-corrected chi connectivity index (χ4v) is 3.85. The van der Waals surface area contributed by atoms with E-state index in [9.17, 15) is 4.79 Å². The van der Waals surface area contributed by atoms with Crippen LogP contribution in [0.3, 0.4) is 0 Å². The highest BCUT2D eigenvalue weighted by Crippen LogP contribution is 2.30. The summed E-state index contributed by atoms with van der Waals surface area (Å²) < 4.78 is 17.3. The summed E-state index contributed by atoms with van der Waals surface area (Å²) in [5, 5.41) is 0. The molecule has 1 aliphatic heterocycles. The Bertz CT molecular complexity index is 813. The van der Waals surface area contributed by atoms with E-state index >= 15 is 0 Å². The largest absolute Gasteiger partial charge is 0.496 e. The van der Waals surface area contributed by atoms with Crippen molar-refractivity contribution < 1.29 is 19.0 Å². The monoisotopic (exact) mass is 448 g/mol. The highest BCUT2D eigenvalue weighted by molar-refractivity contribution is 9.10. The number of carbonyl (C=O) groups excluding carboxylic acids is 1. The molecule has 0 spiro atoms. The van der Waals surface area contributed by atoms with Gasteiger partial charge >= 0.3 is 0 Å². The van der Waals surface area contributed by atoms with Crippen molar-refractivity contribution in [1.82, 2.24) is 9.80 Å². The quantitative estimate of drug-likeness (QED) is 0.677. The Morgan fingerprint density at radius 3 is 2.11 bits per heavy atom. The summed E-state index contributed by atoms with van der Waals surface area (Å²) in [5.74, 6) is 1.88. The molecule has 3 rings (SSSR count). The minimum atomic E-state index is -0.0611. The zero-order valence-electron chi connectivity index (χ0n) is 16.4. The highest BCUT2D eigenvalue weighted by Gasteiger charge is 2.27. The number of rotatable bonds is 6. The van der Waals surface area contributed by atoms with Crippen LogP contribution in [0.25, 0.3) is 0 Å². The van der Waals surface area contributed by atoms with Crippen LogP contribution in [0.4, 0.5) is 0 Å². The molecule has 0 saturated carbocycles. The van der Waals surface area contributed by atoms with Gasteiger partial charge in [0.25, 0.3) is 5.91 Å². The summed E-state index contributed by atoms with van der Waals surface area (Å²) in [6.45, 7) is 3.66. The van der Waals surface area contributed by atoms with E-state index in [0.717, 1.165) is 35.4 Å². The summed E-state index contributed by atoms with van der Waals surface area (Å²) >= 11 is 3.52. The number of amides is 1. The Morgan fingerprint density at radius 1 is 0.929 bits per heavy atom. The van der Waals surface area contributed by atoms with Gasteiger partial charge in [-0.15, -0.1) is 0 Å². The molecule has 0 aliphatic carbocycles. The van der Waals surface area contributed by atoms with Crippen molar-refractivity contribution in [2.24, 2.45) is 0 Å². The van der Waals surface area contributed by atoms with Gasteiger partial charge in [-0.05, 0) is 30.3 Å². The molecule has 1 saturated heterocycles. The molecule has 2 aromatic carbocycles. The summed E-state index contributed by atoms with van der Waals surface area (Å²) in [4.78, 5) is 17.3. The number of methoxy groups -OCH3 is 3. The van der Waals surface area contributed by atoms with E-state index in [1.54, 1.807) is 33.5 Å². The van der Waals surface area contributed by atoms with Crippen molar-refractivity contribution >= 4 is 21.8 Å². The Labute approximate surface area is 174 Å². The summed E-state index contributed by atoms with van der Waals surface area (Å²) in [7, 11) is 4.81. The van der Waals surface area contributed by atoms with Gasteiger partial charge in [0, 0.05) is 42.8 Å². The van der Waals surface area contributed by atoms with Crippen LogP contribution in [0, 0.1) is 0 Å². The average molecular weight is 449 g/mol. The molecule has 2 aromatic rings. The van der Waals surface area contributed by atoms with Gasteiger partial charge in [0.2, 0.25) is 0 Å². The van der Waals surface area contributed by atoms with Crippen molar-refractivity contribution in [1.29, 1.82) is 0 Å². The smallest absolute Gasteiger partial charge is 0.261 e. The number of benzene rings is 2. The lowest BCUT2D eigenvalue weighted by molar-refractivity contribution is 0.0621. The second kappa shape index (κ2) is 9.30. The summed E-state index contributed by atoms with van der Waals surface area (Å²) in [6.07, 6.45) is 0. The molecule has 1 fully saturated rings. The Hall–Kier alpha value is -2.25. The first-order valence-corrected chi connectivity index (χ1v) is 9.91. The van der Waals surface area contributed by atoms with Gasteiger partial charge in [-0.3, -0.25) is 9.69 Å².